The molecule has 4 aromatic rings. The highest BCUT2D eigenvalue weighted by molar-refractivity contribution is 6.04. The number of carbonyl (C=O) groups excluding carboxylic acids is 1. The van der Waals surface area contributed by atoms with Gasteiger partial charge in [0.1, 0.15) is 0 Å². The second-order valence-electron chi connectivity index (χ2n) is 8.18. The van der Waals surface area contributed by atoms with Crippen molar-refractivity contribution in [3.63, 3.8) is 0 Å². The third kappa shape index (κ3) is 4.11. The maximum Gasteiger partial charge on any atom is 0.416 e. The Balaban J connectivity index is 1.62. The average molecular weight is 442 g/mol. The van der Waals surface area contributed by atoms with Gasteiger partial charge in [0, 0.05) is 28.9 Å². The fourth-order valence-corrected chi connectivity index (χ4v) is 3.18. The first-order valence-corrected chi connectivity index (χ1v) is 9.84. The van der Waals surface area contributed by atoms with E-state index in [1.807, 2.05) is 18.2 Å². The van der Waals surface area contributed by atoms with E-state index in [1.54, 1.807) is 32.4 Å². The highest BCUT2D eigenvalue weighted by atomic mass is 19.4. The number of benzene rings is 2. The lowest BCUT2D eigenvalue weighted by Crippen LogP contribution is -2.33. The SMILES string of the molecule is CC(C)(CO)C(=O)Nc1c[nH]c2ccc(-c3cnn(-c4ccc(C(F)(F)F)cc4)c3)cc12. The molecule has 0 atom stereocenters. The number of carbonyl (C=O) groups is 1. The molecule has 0 aliphatic rings. The van der Waals surface area contributed by atoms with Crippen molar-refractivity contribution in [2.24, 2.45) is 5.41 Å². The van der Waals surface area contributed by atoms with Crippen molar-refractivity contribution in [2.45, 2.75) is 20.0 Å². The summed E-state index contributed by atoms with van der Waals surface area (Å²) in [6, 6.07) is 10.4. The topological polar surface area (TPSA) is 82.9 Å². The molecule has 4 rings (SSSR count). The van der Waals surface area contributed by atoms with E-state index in [9.17, 15) is 23.1 Å². The zero-order chi connectivity index (χ0) is 23.1. The normalized spacial score (nSPS) is 12.3. The number of nitrogens with zero attached hydrogens (tertiary/aromatic N) is 2. The monoisotopic (exact) mass is 442 g/mol. The van der Waals surface area contributed by atoms with Gasteiger partial charge in [-0.3, -0.25) is 4.79 Å². The number of aromatic amines is 1. The van der Waals surface area contributed by atoms with E-state index in [2.05, 4.69) is 15.4 Å². The number of fused-ring (bicyclic) bond motifs is 1. The first kappa shape index (κ1) is 21.6. The van der Waals surface area contributed by atoms with Crippen LogP contribution in [0.2, 0.25) is 0 Å². The van der Waals surface area contributed by atoms with Crippen LogP contribution in [0.4, 0.5) is 18.9 Å². The number of hydrogen-bond donors (Lipinski definition) is 3. The van der Waals surface area contributed by atoms with E-state index in [1.165, 1.54) is 16.8 Å². The molecular weight excluding hydrogens is 421 g/mol. The standard InChI is InChI=1S/C23H21F3N4O2/c1-22(2,13-31)21(32)29-20-11-27-19-8-3-14(9-18(19)20)15-10-28-30(12-15)17-6-4-16(5-7-17)23(24,25)26/h3-12,27,31H,13H2,1-2H3,(H,29,32). The Labute approximate surface area is 181 Å². The van der Waals surface area contributed by atoms with Gasteiger partial charge in [-0.25, -0.2) is 4.68 Å². The molecular formula is C23H21F3N4O2. The first-order chi connectivity index (χ1) is 15.1. The third-order valence-electron chi connectivity index (χ3n) is 5.32. The number of halogens is 3. The van der Waals surface area contributed by atoms with Crippen LogP contribution in [-0.2, 0) is 11.0 Å². The summed E-state index contributed by atoms with van der Waals surface area (Å²) in [4.78, 5) is 15.5. The van der Waals surface area contributed by atoms with E-state index < -0.39 is 17.2 Å². The molecule has 32 heavy (non-hydrogen) atoms. The molecule has 6 nitrogen and oxygen atoms in total. The highest BCUT2D eigenvalue weighted by Gasteiger charge is 2.30. The minimum atomic E-state index is -4.39. The van der Waals surface area contributed by atoms with Crippen LogP contribution in [0.15, 0.2) is 61.1 Å². The number of rotatable bonds is 5. The molecule has 0 spiro atoms. The summed E-state index contributed by atoms with van der Waals surface area (Å²) < 4.78 is 39.8. The van der Waals surface area contributed by atoms with Crippen molar-refractivity contribution in [3.8, 4) is 16.8 Å². The van der Waals surface area contributed by atoms with Crippen LogP contribution in [0.25, 0.3) is 27.7 Å². The van der Waals surface area contributed by atoms with E-state index in [0.717, 1.165) is 34.2 Å². The summed E-state index contributed by atoms with van der Waals surface area (Å²) in [7, 11) is 0. The summed E-state index contributed by atoms with van der Waals surface area (Å²) in [6.07, 6.45) is 0.646. The maximum absolute atomic E-state index is 12.8. The maximum atomic E-state index is 12.8. The largest absolute Gasteiger partial charge is 0.416 e. The Kier molecular flexibility index (Phi) is 5.29. The first-order valence-electron chi connectivity index (χ1n) is 9.84. The Hall–Kier alpha value is -3.59. The zero-order valence-corrected chi connectivity index (χ0v) is 17.4. The van der Waals surface area contributed by atoms with Gasteiger partial charge < -0.3 is 15.4 Å². The van der Waals surface area contributed by atoms with E-state index >= 15 is 0 Å². The number of amides is 1. The average Bonchev–Trinajstić information content (AvgIpc) is 3.40. The van der Waals surface area contributed by atoms with Crippen LogP contribution >= 0.6 is 0 Å². The van der Waals surface area contributed by atoms with Crippen molar-refractivity contribution in [1.29, 1.82) is 0 Å². The number of hydrogen-bond acceptors (Lipinski definition) is 3. The molecule has 2 aromatic carbocycles. The molecule has 9 heteroatoms. The smallest absolute Gasteiger partial charge is 0.395 e. The number of alkyl halides is 3. The second-order valence-corrected chi connectivity index (χ2v) is 8.18. The van der Waals surface area contributed by atoms with Crippen LogP contribution < -0.4 is 5.32 Å². The number of aliphatic hydroxyl groups is 1. The van der Waals surface area contributed by atoms with Crippen molar-refractivity contribution in [2.75, 3.05) is 11.9 Å². The summed E-state index contributed by atoms with van der Waals surface area (Å²) in [6.45, 7) is 3.02. The molecule has 3 N–H and O–H groups in total. The Bertz CT molecular complexity index is 1270. The molecule has 0 radical (unpaired) electrons. The van der Waals surface area contributed by atoms with Crippen LogP contribution in [0.1, 0.15) is 19.4 Å². The van der Waals surface area contributed by atoms with E-state index in [0.29, 0.717) is 11.4 Å². The molecule has 0 saturated carbocycles. The zero-order valence-electron chi connectivity index (χ0n) is 17.4. The van der Waals surface area contributed by atoms with Crippen molar-refractivity contribution in [3.05, 3.63) is 66.6 Å². The summed E-state index contributed by atoms with van der Waals surface area (Å²) >= 11 is 0. The van der Waals surface area contributed by atoms with Crippen LogP contribution in [0, 0.1) is 5.41 Å². The lowest BCUT2D eigenvalue weighted by molar-refractivity contribution is -0.137. The van der Waals surface area contributed by atoms with Crippen LogP contribution in [0.3, 0.4) is 0 Å². The third-order valence-corrected chi connectivity index (χ3v) is 5.32. The number of H-pyrrole nitrogens is 1. The number of aliphatic hydroxyl groups excluding tert-OH is 1. The number of nitrogens with one attached hydrogen (secondary N) is 2. The summed E-state index contributed by atoms with van der Waals surface area (Å²) in [5.41, 5.74) is 1.86. The van der Waals surface area contributed by atoms with Gasteiger partial charge in [0.2, 0.25) is 5.91 Å². The van der Waals surface area contributed by atoms with Gasteiger partial charge in [0.25, 0.3) is 0 Å². The molecule has 0 bridgehead atoms. The predicted molar refractivity (Wildman–Crippen MR) is 115 cm³/mol. The van der Waals surface area contributed by atoms with Crippen molar-refractivity contribution >= 4 is 22.5 Å². The molecule has 166 valence electrons. The fraction of sp³-hybridized carbons (Fsp3) is 0.217. The Morgan fingerprint density at radius 1 is 1.12 bits per heavy atom. The molecule has 0 fully saturated rings. The lowest BCUT2D eigenvalue weighted by Gasteiger charge is -2.20. The van der Waals surface area contributed by atoms with Gasteiger partial charge in [-0.1, -0.05) is 6.07 Å². The second kappa shape index (κ2) is 7.83. The molecule has 2 heterocycles. The lowest BCUT2D eigenvalue weighted by atomic mass is 9.93. The molecule has 2 aromatic heterocycles. The molecule has 1 amide bonds. The van der Waals surface area contributed by atoms with Gasteiger partial charge in [0.15, 0.2) is 0 Å². The number of anilines is 1. The van der Waals surface area contributed by atoms with E-state index in [-0.39, 0.29) is 12.5 Å². The quantitative estimate of drug-likeness (QED) is 0.407. The van der Waals surface area contributed by atoms with Gasteiger partial charge >= 0.3 is 6.18 Å². The molecule has 0 aliphatic heterocycles. The van der Waals surface area contributed by atoms with Crippen molar-refractivity contribution in [1.82, 2.24) is 14.8 Å². The molecule has 0 unspecified atom stereocenters. The van der Waals surface area contributed by atoms with Crippen LogP contribution in [-0.4, -0.2) is 32.4 Å². The highest BCUT2D eigenvalue weighted by Crippen LogP contribution is 2.32. The minimum absolute atomic E-state index is 0.282. The van der Waals surface area contributed by atoms with Crippen LogP contribution in [0.5, 0.6) is 0 Å². The van der Waals surface area contributed by atoms with E-state index in [4.69, 9.17) is 0 Å². The van der Waals surface area contributed by atoms with Gasteiger partial charge in [-0.2, -0.15) is 18.3 Å². The molecule has 0 aliphatic carbocycles. The molecule has 0 saturated heterocycles. The Morgan fingerprint density at radius 2 is 1.84 bits per heavy atom. The van der Waals surface area contributed by atoms with Crippen molar-refractivity contribution < 1.29 is 23.1 Å². The van der Waals surface area contributed by atoms with Gasteiger partial charge in [0.05, 0.1) is 35.2 Å². The van der Waals surface area contributed by atoms with Gasteiger partial charge in [-0.05, 0) is 55.8 Å². The summed E-state index contributed by atoms with van der Waals surface area (Å²) in [5, 5.41) is 17.3. The predicted octanol–water partition coefficient (Wildman–Crippen LogP) is 5.00. The Morgan fingerprint density at radius 3 is 2.50 bits per heavy atom. The minimum Gasteiger partial charge on any atom is -0.395 e. The van der Waals surface area contributed by atoms with Gasteiger partial charge in [-0.15, -0.1) is 0 Å². The summed E-state index contributed by atoms with van der Waals surface area (Å²) in [5.74, 6) is -0.304. The fourth-order valence-electron chi connectivity index (χ4n) is 3.18. The number of aromatic nitrogens is 3.